The number of benzene rings is 1. The number of fused-ring (bicyclic) bond motifs is 1. The number of hydrogen-bond acceptors (Lipinski definition) is 5. The van der Waals surface area contributed by atoms with Gasteiger partial charge in [0.05, 0.1) is 24.4 Å². The van der Waals surface area contributed by atoms with E-state index in [1.807, 2.05) is 30.3 Å². The van der Waals surface area contributed by atoms with E-state index < -0.39 is 23.7 Å². The highest BCUT2D eigenvalue weighted by Gasteiger charge is 2.57. The largest absolute Gasteiger partial charge is 0.480 e. The van der Waals surface area contributed by atoms with Gasteiger partial charge in [0.25, 0.3) is 0 Å². The Morgan fingerprint density at radius 1 is 1.23 bits per heavy atom. The summed E-state index contributed by atoms with van der Waals surface area (Å²) in [4.78, 5) is 25.5. The van der Waals surface area contributed by atoms with Crippen molar-refractivity contribution in [3.63, 3.8) is 0 Å². The zero-order chi connectivity index (χ0) is 18.1. The summed E-state index contributed by atoms with van der Waals surface area (Å²) in [5, 5.41) is 9.58. The van der Waals surface area contributed by atoms with Gasteiger partial charge in [-0.25, -0.2) is 9.59 Å². The molecule has 7 nitrogen and oxygen atoms in total. The summed E-state index contributed by atoms with van der Waals surface area (Å²) in [6, 6.07) is 8.39. The molecule has 1 aromatic carbocycles. The number of carboxylic acid groups (broad SMARTS) is 1. The number of likely N-dealkylation sites (tertiary alicyclic amines) is 1. The number of aliphatic carboxylic acids is 1. The number of carboxylic acids is 1. The van der Waals surface area contributed by atoms with Crippen LogP contribution in [-0.4, -0.2) is 59.1 Å². The van der Waals surface area contributed by atoms with Gasteiger partial charge in [-0.2, -0.15) is 0 Å². The molecule has 3 fully saturated rings. The molecule has 7 heteroatoms. The number of carbonyl (C=O) groups excluding carboxylic acids is 1. The Labute approximate surface area is 151 Å². The predicted octanol–water partition coefficient (Wildman–Crippen LogP) is 2.19. The van der Waals surface area contributed by atoms with Gasteiger partial charge in [0.1, 0.15) is 12.6 Å². The van der Waals surface area contributed by atoms with Gasteiger partial charge in [-0.3, -0.25) is 4.90 Å². The zero-order valence-electron chi connectivity index (χ0n) is 14.5. The van der Waals surface area contributed by atoms with E-state index in [1.54, 1.807) is 0 Å². The van der Waals surface area contributed by atoms with Crippen molar-refractivity contribution in [2.24, 2.45) is 0 Å². The molecule has 4 rings (SSSR count). The highest BCUT2D eigenvalue weighted by molar-refractivity contribution is 5.81. The van der Waals surface area contributed by atoms with Crippen LogP contribution in [-0.2, 0) is 25.6 Å². The minimum atomic E-state index is -1.03. The highest BCUT2D eigenvalue weighted by Crippen LogP contribution is 2.44. The maximum Gasteiger partial charge on any atom is 0.410 e. The second-order valence-electron chi connectivity index (χ2n) is 7.32. The van der Waals surface area contributed by atoms with Crippen molar-refractivity contribution in [2.45, 2.75) is 56.1 Å². The van der Waals surface area contributed by atoms with Crippen molar-refractivity contribution in [3.05, 3.63) is 35.9 Å². The zero-order valence-corrected chi connectivity index (χ0v) is 14.5. The van der Waals surface area contributed by atoms with E-state index in [-0.39, 0.29) is 31.8 Å². The maximum atomic E-state index is 12.5. The quantitative estimate of drug-likeness (QED) is 0.888. The van der Waals surface area contributed by atoms with Crippen LogP contribution in [0.3, 0.4) is 0 Å². The van der Waals surface area contributed by atoms with E-state index in [2.05, 4.69) is 0 Å². The monoisotopic (exact) mass is 361 g/mol. The Morgan fingerprint density at radius 2 is 2.04 bits per heavy atom. The lowest BCUT2D eigenvalue weighted by Gasteiger charge is -2.25. The summed E-state index contributed by atoms with van der Waals surface area (Å²) in [6.07, 6.45) is 2.16. The highest BCUT2D eigenvalue weighted by atomic mass is 16.6. The van der Waals surface area contributed by atoms with Crippen LogP contribution in [0.1, 0.15) is 31.2 Å². The molecule has 26 heavy (non-hydrogen) atoms. The first-order valence-electron chi connectivity index (χ1n) is 9.06. The van der Waals surface area contributed by atoms with Crippen LogP contribution >= 0.6 is 0 Å². The van der Waals surface area contributed by atoms with Gasteiger partial charge in [-0.1, -0.05) is 30.3 Å². The third-order valence-electron chi connectivity index (χ3n) is 5.48. The van der Waals surface area contributed by atoms with Gasteiger partial charge < -0.3 is 19.3 Å². The molecular weight excluding hydrogens is 338 g/mol. The Bertz CT molecular complexity index is 664. The summed E-state index contributed by atoms with van der Waals surface area (Å²) in [5.74, 6) is -1.03. The van der Waals surface area contributed by atoms with E-state index >= 15 is 0 Å². The van der Waals surface area contributed by atoms with E-state index in [0.29, 0.717) is 13.0 Å². The lowest BCUT2D eigenvalue weighted by molar-refractivity contribution is -0.142. The molecular formula is C19H23NO6. The summed E-state index contributed by atoms with van der Waals surface area (Å²) < 4.78 is 17.3. The summed E-state index contributed by atoms with van der Waals surface area (Å²) in [7, 11) is 0. The Morgan fingerprint density at radius 3 is 2.77 bits per heavy atom. The van der Waals surface area contributed by atoms with Gasteiger partial charge >= 0.3 is 12.1 Å². The molecule has 1 amide bonds. The number of carbonyl (C=O) groups is 2. The standard InChI is InChI=1S/C19H23NO6/c21-17(22)14-9-19(10-16-15(26-19)7-4-8-24-16)12-20(14)18(23)25-11-13-5-2-1-3-6-13/h1-3,5-6,14-16H,4,7-12H2,(H,21,22)/t14-,15+,16+,19+/m0/s1. The van der Waals surface area contributed by atoms with Crippen LogP contribution in [0.5, 0.6) is 0 Å². The average molecular weight is 361 g/mol. The van der Waals surface area contributed by atoms with E-state index in [0.717, 1.165) is 18.4 Å². The number of rotatable bonds is 3. The first-order valence-corrected chi connectivity index (χ1v) is 9.06. The van der Waals surface area contributed by atoms with Crippen molar-refractivity contribution in [1.29, 1.82) is 0 Å². The fraction of sp³-hybridized carbons (Fsp3) is 0.579. The molecule has 0 bridgehead atoms. The van der Waals surface area contributed by atoms with Crippen LogP contribution in [0.15, 0.2) is 30.3 Å². The van der Waals surface area contributed by atoms with Crippen molar-refractivity contribution in [2.75, 3.05) is 13.2 Å². The molecule has 0 aliphatic carbocycles. The third kappa shape index (κ3) is 3.29. The maximum absolute atomic E-state index is 12.5. The van der Waals surface area contributed by atoms with Gasteiger partial charge in [0.2, 0.25) is 0 Å². The topological polar surface area (TPSA) is 85.3 Å². The Kier molecular flexibility index (Phi) is 4.58. The molecule has 0 saturated carbocycles. The van der Waals surface area contributed by atoms with Crippen molar-refractivity contribution in [1.82, 2.24) is 4.90 Å². The van der Waals surface area contributed by atoms with Gasteiger partial charge in [-0.15, -0.1) is 0 Å². The fourth-order valence-electron chi connectivity index (χ4n) is 4.27. The molecule has 3 heterocycles. The van der Waals surface area contributed by atoms with Crippen LogP contribution in [0.25, 0.3) is 0 Å². The second-order valence-corrected chi connectivity index (χ2v) is 7.32. The van der Waals surface area contributed by atoms with E-state index in [4.69, 9.17) is 14.2 Å². The van der Waals surface area contributed by atoms with E-state index in [9.17, 15) is 14.7 Å². The molecule has 1 aromatic rings. The molecule has 3 aliphatic heterocycles. The van der Waals surface area contributed by atoms with Gasteiger partial charge in [-0.05, 0) is 18.4 Å². The van der Waals surface area contributed by atoms with Crippen molar-refractivity contribution >= 4 is 12.1 Å². The first-order chi connectivity index (χ1) is 12.6. The smallest absolute Gasteiger partial charge is 0.410 e. The minimum absolute atomic E-state index is 0.00140. The van der Waals surface area contributed by atoms with Crippen molar-refractivity contribution in [3.8, 4) is 0 Å². The Hall–Kier alpha value is -2.12. The number of ether oxygens (including phenoxy) is 3. The molecule has 1 N–H and O–H groups in total. The molecule has 0 unspecified atom stereocenters. The molecule has 1 spiro atoms. The van der Waals surface area contributed by atoms with Gasteiger partial charge in [0.15, 0.2) is 0 Å². The van der Waals surface area contributed by atoms with Crippen LogP contribution in [0.2, 0.25) is 0 Å². The molecule has 0 radical (unpaired) electrons. The first kappa shape index (κ1) is 17.3. The average Bonchev–Trinajstić information content (AvgIpc) is 3.20. The molecule has 3 aliphatic rings. The number of hydrogen-bond donors (Lipinski definition) is 1. The minimum Gasteiger partial charge on any atom is -0.480 e. The van der Waals surface area contributed by atoms with Crippen LogP contribution in [0, 0.1) is 0 Å². The van der Waals surface area contributed by atoms with Crippen LogP contribution in [0.4, 0.5) is 4.79 Å². The molecule has 4 atom stereocenters. The number of amides is 1. The van der Waals surface area contributed by atoms with Gasteiger partial charge in [0, 0.05) is 19.4 Å². The third-order valence-corrected chi connectivity index (χ3v) is 5.48. The summed E-state index contributed by atoms with van der Waals surface area (Å²) in [6.45, 7) is 1.06. The number of nitrogens with zero attached hydrogens (tertiary/aromatic N) is 1. The summed E-state index contributed by atoms with van der Waals surface area (Å²) in [5.41, 5.74) is 0.215. The molecule has 0 aromatic heterocycles. The molecule has 140 valence electrons. The summed E-state index contributed by atoms with van der Waals surface area (Å²) >= 11 is 0. The lowest BCUT2D eigenvalue weighted by Crippen LogP contribution is -2.41. The fourth-order valence-corrected chi connectivity index (χ4v) is 4.27. The van der Waals surface area contributed by atoms with E-state index in [1.165, 1.54) is 4.90 Å². The predicted molar refractivity (Wildman–Crippen MR) is 90.6 cm³/mol. The lowest BCUT2D eigenvalue weighted by atomic mass is 9.94. The SMILES string of the molecule is O=C(O)[C@@H]1C[C@@]2(C[C@H]3OCCC[C@H]3O2)CN1C(=O)OCc1ccccc1. The Balaban J connectivity index is 1.44. The normalized spacial score (nSPS) is 33.2. The molecule has 3 saturated heterocycles. The van der Waals surface area contributed by atoms with Crippen LogP contribution < -0.4 is 0 Å². The second kappa shape index (κ2) is 6.89. The van der Waals surface area contributed by atoms with Crippen molar-refractivity contribution < 1.29 is 28.9 Å².